The van der Waals surface area contributed by atoms with Gasteiger partial charge in [-0.3, -0.25) is 4.79 Å². The van der Waals surface area contributed by atoms with Crippen LogP contribution in [0.5, 0.6) is 5.75 Å². The van der Waals surface area contributed by atoms with Crippen LogP contribution in [0.1, 0.15) is 38.7 Å². The number of rotatable bonds is 6. The van der Waals surface area contributed by atoms with E-state index in [1.54, 1.807) is 37.3 Å². The normalized spacial score (nSPS) is 11.2. The molecule has 0 aliphatic rings. The Hall–Kier alpha value is -2.10. The molecule has 0 saturated heterocycles. The van der Waals surface area contributed by atoms with Crippen molar-refractivity contribution in [3.05, 3.63) is 35.4 Å². The van der Waals surface area contributed by atoms with Crippen LogP contribution in [0.25, 0.3) is 6.08 Å². The average molecular weight is 262 g/mol. The Bertz CT molecular complexity index is 471. The fourth-order valence-corrected chi connectivity index (χ4v) is 1.53. The van der Waals surface area contributed by atoms with Gasteiger partial charge >= 0.3 is 11.9 Å². The quantitative estimate of drug-likeness (QED) is 0.485. The Kier molecular flexibility index (Phi) is 5.79. The standard InChI is InChI=1S/C15H18O4/c1-3-5-14(16)19-13-8-6-11(7-9-13)10-12(4-2)15(17)18/h6-10H,3-5H2,1-2H3,(H,17,18)/b12-10+. The minimum atomic E-state index is -0.916. The van der Waals surface area contributed by atoms with Crippen LogP contribution in [-0.4, -0.2) is 17.0 Å². The first-order valence-corrected chi connectivity index (χ1v) is 6.31. The Morgan fingerprint density at radius 2 is 1.84 bits per heavy atom. The summed E-state index contributed by atoms with van der Waals surface area (Å²) in [5.74, 6) is -0.699. The van der Waals surface area contributed by atoms with Crippen LogP contribution in [0.15, 0.2) is 29.8 Å². The zero-order valence-electron chi connectivity index (χ0n) is 11.2. The van der Waals surface area contributed by atoms with Gasteiger partial charge in [0.2, 0.25) is 0 Å². The van der Waals surface area contributed by atoms with Gasteiger partial charge in [-0.05, 0) is 36.6 Å². The van der Waals surface area contributed by atoms with Crippen molar-refractivity contribution >= 4 is 18.0 Å². The summed E-state index contributed by atoms with van der Waals surface area (Å²) in [6, 6.07) is 6.78. The van der Waals surface area contributed by atoms with Gasteiger partial charge < -0.3 is 9.84 Å². The molecule has 1 N–H and O–H groups in total. The van der Waals surface area contributed by atoms with E-state index in [1.807, 2.05) is 6.92 Å². The molecule has 102 valence electrons. The fraction of sp³-hybridized carbons (Fsp3) is 0.333. The van der Waals surface area contributed by atoms with E-state index in [0.717, 1.165) is 12.0 Å². The van der Waals surface area contributed by atoms with Gasteiger partial charge in [0.15, 0.2) is 0 Å². The Morgan fingerprint density at radius 3 is 2.32 bits per heavy atom. The maximum absolute atomic E-state index is 11.3. The smallest absolute Gasteiger partial charge is 0.331 e. The number of esters is 1. The van der Waals surface area contributed by atoms with E-state index in [4.69, 9.17) is 9.84 Å². The highest BCUT2D eigenvalue weighted by atomic mass is 16.5. The van der Waals surface area contributed by atoms with Gasteiger partial charge in [0.05, 0.1) is 0 Å². The SMILES string of the molecule is CCCC(=O)Oc1ccc(/C=C(\CC)C(=O)O)cc1. The van der Waals surface area contributed by atoms with Crippen molar-refractivity contribution in [3.8, 4) is 5.75 Å². The van der Waals surface area contributed by atoms with Gasteiger partial charge in [-0.25, -0.2) is 4.79 Å². The Morgan fingerprint density at radius 1 is 1.21 bits per heavy atom. The van der Waals surface area contributed by atoms with E-state index in [-0.39, 0.29) is 5.97 Å². The second kappa shape index (κ2) is 7.36. The van der Waals surface area contributed by atoms with Crippen LogP contribution >= 0.6 is 0 Å². The maximum atomic E-state index is 11.3. The van der Waals surface area contributed by atoms with E-state index in [9.17, 15) is 9.59 Å². The van der Waals surface area contributed by atoms with E-state index in [2.05, 4.69) is 0 Å². The summed E-state index contributed by atoms with van der Waals surface area (Å²) >= 11 is 0. The molecule has 0 amide bonds. The number of carbonyl (C=O) groups is 2. The number of hydrogen-bond donors (Lipinski definition) is 1. The molecule has 0 fully saturated rings. The maximum Gasteiger partial charge on any atom is 0.331 e. The predicted molar refractivity (Wildman–Crippen MR) is 72.9 cm³/mol. The molecule has 0 heterocycles. The predicted octanol–water partition coefficient (Wildman–Crippen LogP) is 3.27. The van der Waals surface area contributed by atoms with E-state index in [1.165, 1.54) is 0 Å². The molecule has 0 aliphatic carbocycles. The molecule has 0 saturated carbocycles. The first-order valence-electron chi connectivity index (χ1n) is 6.31. The average Bonchev–Trinajstić information content (AvgIpc) is 2.37. The van der Waals surface area contributed by atoms with E-state index in [0.29, 0.717) is 24.2 Å². The number of aliphatic carboxylic acids is 1. The molecule has 19 heavy (non-hydrogen) atoms. The Labute approximate surface area is 112 Å². The molecular weight excluding hydrogens is 244 g/mol. The van der Waals surface area contributed by atoms with Crippen LogP contribution in [0, 0.1) is 0 Å². The molecule has 1 aromatic carbocycles. The lowest BCUT2D eigenvalue weighted by molar-refractivity contribution is -0.134. The molecule has 4 heteroatoms. The summed E-state index contributed by atoms with van der Waals surface area (Å²) in [6.07, 6.45) is 3.21. The van der Waals surface area contributed by atoms with E-state index < -0.39 is 5.97 Å². The van der Waals surface area contributed by atoms with E-state index >= 15 is 0 Å². The topological polar surface area (TPSA) is 63.6 Å². The van der Waals surface area contributed by atoms with Crippen LogP contribution in [0.4, 0.5) is 0 Å². The van der Waals surface area contributed by atoms with Crippen molar-refractivity contribution in [3.63, 3.8) is 0 Å². The molecule has 0 aliphatic heterocycles. The van der Waals surface area contributed by atoms with Gasteiger partial charge in [0.1, 0.15) is 5.75 Å². The first-order chi connectivity index (χ1) is 9.06. The van der Waals surface area contributed by atoms with Crippen LogP contribution < -0.4 is 4.74 Å². The molecule has 0 aromatic heterocycles. The van der Waals surface area contributed by atoms with Crippen molar-refractivity contribution in [2.24, 2.45) is 0 Å². The highest BCUT2D eigenvalue weighted by molar-refractivity contribution is 5.92. The number of carboxylic acids is 1. The monoisotopic (exact) mass is 262 g/mol. The molecule has 1 rings (SSSR count). The number of carbonyl (C=O) groups excluding carboxylic acids is 1. The first kappa shape index (κ1) is 15.0. The van der Waals surface area contributed by atoms with Gasteiger partial charge in [0, 0.05) is 12.0 Å². The molecule has 0 bridgehead atoms. The fourth-order valence-electron chi connectivity index (χ4n) is 1.53. The Balaban J connectivity index is 2.76. The molecule has 1 aromatic rings. The number of carboxylic acid groups (broad SMARTS) is 1. The van der Waals surface area contributed by atoms with Gasteiger partial charge in [0.25, 0.3) is 0 Å². The number of ether oxygens (including phenoxy) is 1. The molecule has 4 nitrogen and oxygen atoms in total. The minimum Gasteiger partial charge on any atom is -0.478 e. The highest BCUT2D eigenvalue weighted by Gasteiger charge is 2.05. The summed E-state index contributed by atoms with van der Waals surface area (Å²) < 4.78 is 5.11. The summed E-state index contributed by atoms with van der Waals surface area (Å²) in [4.78, 5) is 22.2. The zero-order valence-corrected chi connectivity index (χ0v) is 11.2. The second-order valence-corrected chi connectivity index (χ2v) is 4.12. The van der Waals surface area contributed by atoms with Crippen molar-refractivity contribution in [1.29, 1.82) is 0 Å². The third-order valence-electron chi connectivity index (χ3n) is 2.56. The largest absolute Gasteiger partial charge is 0.478 e. The lowest BCUT2D eigenvalue weighted by Crippen LogP contribution is -2.06. The molecular formula is C15H18O4. The lowest BCUT2D eigenvalue weighted by Gasteiger charge is -2.04. The van der Waals surface area contributed by atoms with Crippen molar-refractivity contribution in [2.75, 3.05) is 0 Å². The summed E-state index contributed by atoms with van der Waals surface area (Å²) in [7, 11) is 0. The van der Waals surface area contributed by atoms with Gasteiger partial charge in [-0.15, -0.1) is 0 Å². The lowest BCUT2D eigenvalue weighted by atomic mass is 10.1. The van der Waals surface area contributed by atoms with Crippen LogP contribution in [0.2, 0.25) is 0 Å². The summed E-state index contributed by atoms with van der Waals surface area (Å²) in [5.41, 5.74) is 1.12. The van der Waals surface area contributed by atoms with Crippen molar-refractivity contribution < 1.29 is 19.4 Å². The van der Waals surface area contributed by atoms with Gasteiger partial charge in [-0.1, -0.05) is 26.0 Å². The van der Waals surface area contributed by atoms with Crippen LogP contribution in [0.3, 0.4) is 0 Å². The molecule has 0 atom stereocenters. The summed E-state index contributed by atoms with van der Waals surface area (Å²) in [6.45, 7) is 3.70. The van der Waals surface area contributed by atoms with Crippen molar-refractivity contribution in [1.82, 2.24) is 0 Å². The zero-order chi connectivity index (χ0) is 14.3. The molecule has 0 unspecified atom stereocenters. The molecule has 0 radical (unpaired) electrons. The second-order valence-electron chi connectivity index (χ2n) is 4.12. The number of hydrogen-bond acceptors (Lipinski definition) is 3. The van der Waals surface area contributed by atoms with Gasteiger partial charge in [-0.2, -0.15) is 0 Å². The third kappa shape index (κ3) is 4.95. The van der Waals surface area contributed by atoms with Crippen molar-refractivity contribution in [2.45, 2.75) is 33.1 Å². The van der Waals surface area contributed by atoms with Crippen LogP contribution in [-0.2, 0) is 9.59 Å². The molecule has 0 spiro atoms. The minimum absolute atomic E-state index is 0.259. The number of benzene rings is 1. The third-order valence-corrected chi connectivity index (χ3v) is 2.56. The highest BCUT2D eigenvalue weighted by Crippen LogP contribution is 2.16. The summed E-state index contributed by atoms with van der Waals surface area (Å²) in [5, 5.41) is 8.93.